The molecule has 3 aromatic rings. The van der Waals surface area contributed by atoms with E-state index in [1.165, 1.54) is 13.1 Å². The second-order valence-corrected chi connectivity index (χ2v) is 8.86. The lowest BCUT2D eigenvalue weighted by atomic mass is 10.2. The zero-order valence-corrected chi connectivity index (χ0v) is 18.3. The van der Waals surface area contributed by atoms with Crippen LogP contribution in [0, 0.1) is 0 Å². The summed E-state index contributed by atoms with van der Waals surface area (Å²) < 4.78 is 66.6. The number of benzene rings is 1. The number of anilines is 4. The van der Waals surface area contributed by atoms with Crippen LogP contribution >= 0.6 is 0 Å². The normalized spacial score (nSPS) is 11.8. The largest absolute Gasteiger partial charge is 0.421 e. The van der Waals surface area contributed by atoms with E-state index in [1.807, 2.05) is 0 Å². The molecule has 2 heterocycles. The van der Waals surface area contributed by atoms with Gasteiger partial charge in [0.2, 0.25) is 16.0 Å². The summed E-state index contributed by atoms with van der Waals surface area (Å²) in [7, 11) is -3.62. The zero-order chi connectivity index (χ0) is 24.1. The molecule has 33 heavy (non-hydrogen) atoms. The predicted octanol–water partition coefficient (Wildman–Crippen LogP) is 3.47. The number of hydrogen-bond acceptors (Lipinski definition) is 8. The van der Waals surface area contributed by atoms with Crippen LogP contribution in [-0.2, 0) is 29.3 Å². The molecule has 3 rings (SSSR count). The Kier molecular flexibility index (Phi) is 7.33. The van der Waals surface area contributed by atoms with E-state index in [0.717, 1.165) is 5.56 Å². The van der Waals surface area contributed by atoms with Crippen molar-refractivity contribution in [2.45, 2.75) is 26.2 Å². The maximum Gasteiger partial charge on any atom is 0.421 e. The van der Waals surface area contributed by atoms with Crippen molar-refractivity contribution in [3.05, 3.63) is 65.5 Å². The fourth-order valence-corrected chi connectivity index (χ4v) is 3.33. The van der Waals surface area contributed by atoms with Gasteiger partial charge in [-0.25, -0.2) is 18.4 Å². The number of sulfonamides is 1. The molecule has 5 N–H and O–H groups in total. The van der Waals surface area contributed by atoms with E-state index in [-0.39, 0.29) is 24.1 Å². The number of pyridine rings is 1. The molecular weight excluding hydrogens is 459 g/mol. The van der Waals surface area contributed by atoms with E-state index in [1.54, 1.807) is 36.4 Å². The van der Waals surface area contributed by atoms with Crippen molar-refractivity contribution in [3.8, 4) is 0 Å². The Morgan fingerprint density at radius 3 is 2.42 bits per heavy atom. The van der Waals surface area contributed by atoms with E-state index in [0.29, 0.717) is 24.0 Å². The number of rotatable bonds is 9. The molecule has 0 aliphatic rings. The monoisotopic (exact) mass is 481 g/mol. The van der Waals surface area contributed by atoms with Crippen LogP contribution in [0.15, 0.2) is 48.8 Å². The first-order valence-electron chi connectivity index (χ1n) is 9.80. The summed E-state index contributed by atoms with van der Waals surface area (Å²) in [6.07, 6.45) is -2.65. The molecule has 9 nitrogen and oxygen atoms in total. The van der Waals surface area contributed by atoms with Gasteiger partial charge in [0, 0.05) is 36.7 Å². The van der Waals surface area contributed by atoms with E-state index in [9.17, 15) is 21.6 Å². The highest BCUT2D eigenvalue weighted by Gasteiger charge is 2.35. The highest BCUT2D eigenvalue weighted by atomic mass is 32.2. The molecule has 0 saturated carbocycles. The molecule has 13 heteroatoms. The summed E-state index contributed by atoms with van der Waals surface area (Å²) >= 11 is 0. The number of hydrogen-bond donors (Lipinski definition) is 4. The van der Waals surface area contributed by atoms with Crippen LogP contribution in [0.25, 0.3) is 0 Å². The van der Waals surface area contributed by atoms with Crippen LogP contribution in [0.4, 0.5) is 36.4 Å². The summed E-state index contributed by atoms with van der Waals surface area (Å²) in [4.78, 5) is 11.7. The summed E-state index contributed by atoms with van der Waals surface area (Å²) in [5.74, 6) is -0.675. The summed E-state index contributed by atoms with van der Waals surface area (Å²) in [5, 5.41) is 5.47. The van der Waals surface area contributed by atoms with Gasteiger partial charge in [0.25, 0.3) is 0 Å². The van der Waals surface area contributed by atoms with E-state index in [4.69, 9.17) is 5.73 Å². The third-order valence-corrected chi connectivity index (χ3v) is 5.77. The van der Waals surface area contributed by atoms with Gasteiger partial charge in [-0.1, -0.05) is 18.2 Å². The molecule has 0 aliphatic carbocycles. The van der Waals surface area contributed by atoms with E-state index in [2.05, 4.69) is 30.3 Å². The first kappa shape index (κ1) is 24.2. The second-order valence-electron chi connectivity index (χ2n) is 6.85. The van der Waals surface area contributed by atoms with Gasteiger partial charge in [0.15, 0.2) is 0 Å². The Balaban J connectivity index is 1.86. The minimum absolute atomic E-state index is 0.0211. The highest BCUT2D eigenvalue weighted by Crippen LogP contribution is 2.34. The van der Waals surface area contributed by atoms with Gasteiger partial charge in [-0.3, -0.25) is 4.72 Å². The minimum atomic E-state index is -4.70. The van der Waals surface area contributed by atoms with Crippen molar-refractivity contribution < 1.29 is 21.6 Å². The predicted molar refractivity (Wildman–Crippen MR) is 119 cm³/mol. The summed E-state index contributed by atoms with van der Waals surface area (Å²) in [6, 6.07) is 10.0. The van der Waals surface area contributed by atoms with E-state index < -0.39 is 27.6 Å². The van der Waals surface area contributed by atoms with Gasteiger partial charge >= 0.3 is 6.18 Å². The van der Waals surface area contributed by atoms with Crippen LogP contribution in [0.5, 0.6) is 0 Å². The van der Waals surface area contributed by atoms with Gasteiger partial charge < -0.3 is 16.4 Å². The molecule has 0 saturated heterocycles. The van der Waals surface area contributed by atoms with Gasteiger partial charge in [-0.05, 0) is 30.7 Å². The first-order chi connectivity index (χ1) is 15.6. The molecule has 2 aromatic heterocycles. The molecule has 0 aliphatic heterocycles. The number of halogens is 3. The van der Waals surface area contributed by atoms with Gasteiger partial charge in [-0.2, -0.15) is 18.2 Å². The fourth-order valence-electron chi connectivity index (χ4n) is 2.71. The van der Waals surface area contributed by atoms with Crippen molar-refractivity contribution in [1.29, 1.82) is 0 Å². The quantitative estimate of drug-likeness (QED) is 0.365. The van der Waals surface area contributed by atoms with Gasteiger partial charge in [0.1, 0.15) is 17.2 Å². The molecule has 0 atom stereocenters. The Hall–Kier alpha value is -3.45. The average molecular weight is 482 g/mol. The molecule has 0 radical (unpaired) electrons. The molecule has 176 valence electrons. The Labute approximate surface area is 188 Å². The molecule has 0 bridgehead atoms. The molecule has 0 spiro atoms. The van der Waals surface area contributed by atoms with Crippen LogP contribution in [0.2, 0.25) is 0 Å². The summed E-state index contributed by atoms with van der Waals surface area (Å²) in [6.45, 7) is 1.65. The maximum absolute atomic E-state index is 13.5. The number of nitrogens with zero attached hydrogens (tertiary/aromatic N) is 3. The molecule has 0 unspecified atom stereocenters. The smallest absolute Gasteiger partial charge is 0.365 e. The van der Waals surface area contributed by atoms with Crippen LogP contribution in [0.3, 0.4) is 0 Å². The third kappa shape index (κ3) is 6.52. The van der Waals surface area contributed by atoms with Crippen LogP contribution in [0.1, 0.15) is 23.6 Å². The fraction of sp³-hybridized carbons (Fsp3) is 0.250. The van der Waals surface area contributed by atoms with Crippen LogP contribution in [-0.4, -0.2) is 29.1 Å². The van der Waals surface area contributed by atoms with Crippen molar-refractivity contribution in [3.63, 3.8) is 0 Å². The van der Waals surface area contributed by atoms with Crippen molar-refractivity contribution in [2.75, 3.05) is 21.1 Å². The molecular formula is C20H22F3N7O2S. The number of nitrogens with two attached hydrogens (primary N) is 1. The Bertz CT molecular complexity index is 1200. The average Bonchev–Trinajstić information content (AvgIpc) is 2.78. The van der Waals surface area contributed by atoms with Gasteiger partial charge in [0.05, 0.1) is 5.75 Å². The molecule has 0 amide bonds. The first-order valence-corrected chi connectivity index (χ1v) is 11.4. The highest BCUT2D eigenvalue weighted by molar-refractivity contribution is 7.92. The number of alkyl halides is 3. The zero-order valence-electron chi connectivity index (χ0n) is 17.5. The molecule has 1 aromatic carbocycles. The SMILES string of the molecule is CCS(=O)(=O)Nc1ncccc1CNc1nc(Nc2ccc(CN)cc2)ncc1C(F)(F)F. The van der Waals surface area contributed by atoms with Crippen LogP contribution < -0.4 is 21.1 Å². The maximum atomic E-state index is 13.5. The lowest BCUT2D eigenvalue weighted by Crippen LogP contribution is -2.18. The number of aromatic nitrogens is 3. The third-order valence-electron chi connectivity index (χ3n) is 4.51. The standard InChI is InChI=1S/C20H22F3N7O2S/c1-2-33(31,32)30-17-14(4-3-9-25-17)11-26-18-16(20(21,22)23)12-27-19(29-18)28-15-7-5-13(10-24)6-8-15/h3-9,12H,2,10-11,24H2,1H3,(H,25,30)(H2,26,27,28,29). The lowest BCUT2D eigenvalue weighted by Gasteiger charge is -2.16. The molecule has 0 fully saturated rings. The van der Waals surface area contributed by atoms with E-state index >= 15 is 0 Å². The van der Waals surface area contributed by atoms with Crippen molar-refractivity contribution in [1.82, 2.24) is 15.0 Å². The topological polar surface area (TPSA) is 135 Å². The summed E-state index contributed by atoms with van der Waals surface area (Å²) in [5.41, 5.74) is 6.30. The van der Waals surface area contributed by atoms with Crippen molar-refractivity contribution in [2.24, 2.45) is 5.73 Å². The van der Waals surface area contributed by atoms with Gasteiger partial charge in [-0.15, -0.1) is 0 Å². The Morgan fingerprint density at radius 1 is 1.06 bits per heavy atom. The second kappa shape index (κ2) is 10.0. The number of nitrogens with one attached hydrogen (secondary N) is 3. The van der Waals surface area contributed by atoms with Crippen molar-refractivity contribution >= 4 is 33.3 Å². The Morgan fingerprint density at radius 2 is 1.79 bits per heavy atom. The lowest BCUT2D eigenvalue weighted by molar-refractivity contribution is -0.137. The minimum Gasteiger partial charge on any atom is -0.365 e.